The Labute approximate surface area is 181 Å². The number of hydrogen-bond donors (Lipinski definition) is 2. The fourth-order valence-electron chi connectivity index (χ4n) is 3.92. The van der Waals surface area contributed by atoms with Crippen molar-refractivity contribution in [1.29, 1.82) is 0 Å². The molecule has 2 aliphatic heterocycles. The zero-order valence-corrected chi connectivity index (χ0v) is 17.6. The quantitative estimate of drug-likeness (QED) is 0.734. The van der Waals surface area contributed by atoms with Gasteiger partial charge in [-0.1, -0.05) is 41.9 Å². The van der Waals surface area contributed by atoms with E-state index in [-0.39, 0.29) is 18.1 Å². The van der Waals surface area contributed by atoms with E-state index in [2.05, 4.69) is 22.8 Å². The second kappa shape index (κ2) is 10.0. The van der Waals surface area contributed by atoms with Crippen molar-refractivity contribution in [2.45, 2.75) is 31.9 Å². The van der Waals surface area contributed by atoms with Crippen LogP contribution < -0.4 is 20.1 Å². The summed E-state index contributed by atoms with van der Waals surface area (Å²) in [7, 11) is 0. The lowest BCUT2D eigenvalue weighted by Crippen LogP contribution is -2.40. The molecular formula is C23H27ClN2O4. The normalized spacial score (nSPS) is 20.8. The number of carbonyl (C=O) groups is 1. The number of benzene rings is 2. The van der Waals surface area contributed by atoms with E-state index in [0.29, 0.717) is 42.8 Å². The number of rotatable bonds is 5. The zero-order chi connectivity index (χ0) is 20.8. The van der Waals surface area contributed by atoms with Crippen LogP contribution in [0.4, 0.5) is 4.79 Å². The van der Waals surface area contributed by atoms with Gasteiger partial charge in [0.1, 0.15) is 0 Å². The van der Waals surface area contributed by atoms with Crippen LogP contribution in [0, 0.1) is 5.92 Å². The van der Waals surface area contributed by atoms with Crippen LogP contribution in [0.1, 0.15) is 36.5 Å². The lowest BCUT2D eigenvalue weighted by atomic mass is 9.89. The predicted octanol–water partition coefficient (Wildman–Crippen LogP) is 4.47. The number of amides is 2. The van der Waals surface area contributed by atoms with E-state index >= 15 is 0 Å². The molecule has 30 heavy (non-hydrogen) atoms. The molecule has 2 amide bonds. The highest BCUT2D eigenvalue weighted by atomic mass is 35.5. The molecule has 0 radical (unpaired) electrons. The van der Waals surface area contributed by atoms with Crippen LogP contribution in [0.2, 0.25) is 5.02 Å². The minimum Gasteiger partial charge on any atom is -0.489 e. The van der Waals surface area contributed by atoms with Crippen molar-refractivity contribution in [3.8, 4) is 11.5 Å². The van der Waals surface area contributed by atoms with Crippen molar-refractivity contribution in [2.24, 2.45) is 5.92 Å². The summed E-state index contributed by atoms with van der Waals surface area (Å²) in [5.74, 6) is 1.45. The molecule has 2 aromatic carbocycles. The van der Waals surface area contributed by atoms with Gasteiger partial charge in [-0.2, -0.15) is 0 Å². The lowest BCUT2D eigenvalue weighted by Gasteiger charge is -2.32. The fourth-order valence-corrected chi connectivity index (χ4v) is 4.21. The Balaban J connectivity index is 1.31. The molecule has 0 bridgehead atoms. The van der Waals surface area contributed by atoms with Crippen LogP contribution in [0.3, 0.4) is 0 Å². The molecule has 2 aromatic rings. The van der Waals surface area contributed by atoms with Gasteiger partial charge in [-0.25, -0.2) is 4.79 Å². The topological polar surface area (TPSA) is 68.8 Å². The van der Waals surface area contributed by atoms with Crippen molar-refractivity contribution < 1.29 is 19.0 Å². The Kier molecular flexibility index (Phi) is 6.97. The molecule has 2 aliphatic rings. The highest BCUT2D eigenvalue weighted by molar-refractivity contribution is 6.32. The summed E-state index contributed by atoms with van der Waals surface area (Å²) in [6.45, 7) is 2.85. The summed E-state index contributed by atoms with van der Waals surface area (Å²) in [6, 6.07) is 13.7. The minimum atomic E-state index is -0.212. The Morgan fingerprint density at radius 3 is 2.73 bits per heavy atom. The predicted molar refractivity (Wildman–Crippen MR) is 115 cm³/mol. The standard InChI is InChI=1S/C23H27ClN2O4/c24-19-12-16(13-20-22(19)30-11-5-10-28-20)14-25-23(27)26-15-18-8-4-9-29-21(18)17-6-2-1-3-7-17/h1-3,6-7,12-13,18,21H,4-5,8-11,14-15H2,(H2,25,26,27). The third-order valence-corrected chi connectivity index (χ3v) is 5.69. The van der Waals surface area contributed by atoms with Crippen molar-refractivity contribution in [3.63, 3.8) is 0 Å². The maximum Gasteiger partial charge on any atom is 0.315 e. The van der Waals surface area contributed by atoms with E-state index in [1.54, 1.807) is 6.07 Å². The average molecular weight is 431 g/mol. The van der Waals surface area contributed by atoms with Gasteiger partial charge in [-0.05, 0) is 36.1 Å². The van der Waals surface area contributed by atoms with E-state index in [1.165, 1.54) is 0 Å². The van der Waals surface area contributed by atoms with Crippen molar-refractivity contribution in [2.75, 3.05) is 26.4 Å². The van der Waals surface area contributed by atoms with E-state index in [1.807, 2.05) is 24.3 Å². The first-order valence-corrected chi connectivity index (χ1v) is 10.8. The Morgan fingerprint density at radius 2 is 1.87 bits per heavy atom. The van der Waals surface area contributed by atoms with Gasteiger partial charge in [0.2, 0.25) is 0 Å². The highest BCUT2D eigenvalue weighted by Gasteiger charge is 2.27. The second-order valence-electron chi connectivity index (χ2n) is 7.62. The number of nitrogens with one attached hydrogen (secondary N) is 2. The van der Waals surface area contributed by atoms with Crippen LogP contribution in [0.25, 0.3) is 0 Å². The molecule has 160 valence electrons. The first-order valence-electron chi connectivity index (χ1n) is 10.5. The minimum absolute atomic E-state index is 0.0146. The monoisotopic (exact) mass is 430 g/mol. The van der Waals surface area contributed by atoms with Gasteiger partial charge in [-0.3, -0.25) is 0 Å². The van der Waals surface area contributed by atoms with Crippen LogP contribution in [0.5, 0.6) is 11.5 Å². The van der Waals surface area contributed by atoms with Crippen molar-refractivity contribution >= 4 is 17.6 Å². The molecule has 0 aromatic heterocycles. The SMILES string of the molecule is O=C(NCc1cc(Cl)c2c(c1)OCCCO2)NCC1CCCOC1c1ccccc1. The van der Waals surface area contributed by atoms with Crippen LogP contribution in [-0.2, 0) is 11.3 Å². The molecule has 1 fully saturated rings. The summed E-state index contributed by atoms with van der Waals surface area (Å²) in [4.78, 5) is 12.4. The van der Waals surface area contributed by atoms with Crippen LogP contribution in [0.15, 0.2) is 42.5 Å². The number of fused-ring (bicyclic) bond motifs is 1. The highest BCUT2D eigenvalue weighted by Crippen LogP contribution is 2.38. The van der Waals surface area contributed by atoms with E-state index in [0.717, 1.165) is 37.0 Å². The van der Waals surface area contributed by atoms with E-state index in [4.69, 9.17) is 25.8 Å². The van der Waals surface area contributed by atoms with Gasteiger partial charge < -0.3 is 24.8 Å². The Bertz CT molecular complexity index is 862. The number of hydrogen-bond acceptors (Lipinski definition) is 4. The molecule has 2 unspecified atom stereocenters. The molecule has 0 spiro atoms. The molecule has 1 saturated heterocycles. The van der Waals surface area contributed by atoms with Crippen molar-refractivity contribution in [1.82, 2.24) is 10.6 Å². The molecule has 2 atom stereocenters. The summed E-state index contributed by atoms with van der Waals surface area (Å²) in [6.07, 6.45) is 2.86. The summed E-state index contributed by atoms with van der Waals surface area (Å²) >= 11 is 6.32. The van der Waals surface area contributed by atoms with E-state index in [9.17, 15) is 4.79 Å². The van der Waals surface area contributed by atoms with E-state index < -0.39 is 0 Å². The number of ether oxygens (including phenoxy) is 3. The van der Waals surface area contributed by atoms with Gasteiger partial charge in [-0.15, -0.1) is 0 Å². The fraction of sp³-hybridized carbons (Fsp3) is 0.435. The van der Waals surface area contributed by atoms with Gasteiger partial charge in [0.25, 0.3) is 0 Å². The first-order chi connectivity index (χ1) is 14.7. The number of urea groups is 1. The Morgan fingerprint density at radius 1 is 1.03 bits per heavy atom. The molecule has 0 aliphatic carbocycles. The molecular weight excluding hydrogens is 404 g/mol. The zero-order valence-electron chi connectivity index (χ0n) is 16.9. The lowest BCUT2D eigenvalue weighted by molar-refractivity contribution is -0.0269. The van der Waals surface area contributed by atoms with Crippen LogP contribution in [-0.4, -0.2) is 32.4 Å². The van der Waals surface area contributed by atoms with Crippen molar-refractivity contribution in [3.05, 3.63) is 58.6 Å². The first kappa shape index (κ1) is 20.8. The summed E-state index contributed by atoms with van der Waals surface area (Å²) < 4.78 is 17.4. The third-order valence-electron chi connectivity index (χ3n) is 5.41. The molecule has 7 heteroatoms. The maximum absolute atomic E-state index is 12.4. The summed E-state index contributed by atoms with van der Waals surface area (Å²) in [5.41, 5.74) is 2.02. The largest absolute Gasteiger partial charge is 0.489 e. The second-order valence-corrected chi connectivity index (χ2v) is 8.03. The third kappa shape index (κ3) is 5.18. The summed E-state index contributed by atoms with van der Waals surface area (Å²) in [5, 5.41) is 6.38. The number of carbonyl (C=O) groups excluding carboxylic acids is 1. The van der Waals surface area contributed by atoms with Gasteiger partial charge in [0, 0.05) is 32.0 Å². The molecule has 0 saturated carbocycles. The maximum atomic E-state index is 12.4. The van der Waals surface area contributed by atoms with Gasteiger partial charge >= 0.3 is 6.03 Å². The number of halogens is 1. The van der Waals surface area contributed by atoms with Gasteiger partial charge in [0.05, 0.1) is 24.3 Å². The Hall–Kier alpha value is -2.44. The smallest absolute Gasteiger partial charge is 0.315 e. The molecule has 6 nitrogen and oxygen atoms in total. The average Bonchev–Trinajstić information content (AvgIpc) is 3.03. The molecule has 4 rings (SSSR count). The molecule has 2 heterocycles. The molecule has 2 N–H and O–H groups in total. The van der Waals surface area contributed by atoms with Crippen LogP contribution >= 0.6 is 11.6 Å². The van der Waals surface area contributed by atoms with Gasteiger partial charge in [0.15, 0.2) is 11.5 Å².